The summed E-state index contributed by atoms with van der Waals surface area (Å²) in [7, 11) is 0. The molecule has 1 atom stereocenters. The number of hydrogen-bond donors (Lipinski definition) is 3. The highest BCUT2D eigenvalue weighted by molar-refractivity contribution is 5.73. The minimum Gasteiger partial charge on any atom is -0.392 e. The maximum Gasteiger partial charge on any atom is 0.315 e. The van der Waals surface area contributed by atoms with Crippen LogP contribution in [-0.2, 0) is 6.54 Å². The molecular formula is C16H25N3O4. The SMILES string of the molecule is CC(C)C(O)C(C)(C)CNC(=O)NCc1cccc([N+](=O)[O-])c1. The van der Waals surface area contributed by atoms with Gasteiger partial charge in [-0.2, -0.15) is 0 Å². The number of aliphatic hydroxyl groups excluding tert-OH is 1. The molecule has 7 heteroatoms. The van der Waals surface area contributed by atoms with Crippen LogP contribution in [0, 0.1) is 21.4 Å². The van der Waals surface area contributed by atoms with Crippen LogP contribution in [0.1, 0.15) is 33.3 Å². The molecule has 0 aliphatic carbocycles. The zero-order chi connectivity index (χ0) is 17.6. The van der Waals surface area contributed by atoms with Crippen LogP contribution in [0.3, 0.4) is 0 Å². The number of benzene rings is 1. The molecule has 0 heterocycles. The molecule has 1 unspecified atom stereocenters. The number of nitro benzene ring substituents is 1. The van der Waals surface area contributed by atoms with Crippen molar-refractivity contribution in [2.24, 2.45) is 11.3 Å². The largest absolute Gasteiger partial charge is 0.392 e. The Labute approximate surface area is 136 Å². The summed E-state index contributed by atoms with van der Waals surface area (Å²) < 4.78 is 0. The van der Waals surface area contributed by atoms with Crippen molar-refractivity contribution in [3.63, 3.8) is 0 Å². The average molecular weight is 323 g/mol. The summed E-state index contributed by atoms with van der Waals surface area (Å²) in [5.41, 5.74) is 0.193. The van der Waals surface area contributed by atoms with Crippen molar-refractivity contribution < 1.29 is 14.8 Å². The molecule has 0 aliphatic heterocycles. The van der Waals surface area contributed by atoms with Gasteiger partial charge in [-0.15, -0.1) is 0 Å². The summed E-state index contributed by atoms with van der Waals surface area (Å²) in [4.78, 5) is 22.1. The molecule has 0 radical (unpaired) electrons. The van der Waals surface area contributed by atoms with Gasteiger partial charge in [0.1, 0.15) is 0 Å². The van der Waals surface area contributed by atoms with Crippen LogP contribution in [-0.4, -0.2) is 28.7 Å². The number of nitrogens with one attached hydrogen (secondary N) is 2. The number of carbonyl (C=O) groups excluding carboxylic acids is 1. The van der Waals surface area contributed by atoms with Gasteiger partial charge in [0.2, 0.25) is 0 Å². The fourth-order valence-corrected chi connectivity index (χ4v) is 2.34. The number of nitrogens with zero attached hydrogens (tertiary/aromatic N) is 1. The van der Waals surface area contributed by atoms with E-state index in [9.17, 15) is 20.0 Å². The van der Waals surface area contributed by atoms with Crippen molar-refractivity contribution in [3.05, 3.63) is 39.9 Å². The maximum absolute atomic E-state index is 11.8. The highest BCUT2D eigenvalue weighted by Gasteiger charge is 2.30. The molecular weight excluding hydrogens is 298 g/mol. The topological polar surface area (TPSA) is 104 Å². The highest BCUT2D eigenvalue weighted by atomic mass is 16.6. The summed E-state index contributed by atoms with van der Waals surface area (Å²) in [6.07, 6.45) is -0.528. The van der Waals surface area contributed by atoms with Crippen LogP contribution >= 0.6 is 0 Å². The van der Waals surface area contributed by atoms with Crippen molar-refractivity contribution >= 4 is 11.7 Å². The second kappa shape index (κ2) is 7.92. The third-order valence-corrected chi connectivity index (χ3v) is 3.71. The molecule has 3 N–H and O–H groups in total. The Balaban J connectivity index is 2.49. The van der Waals surface area contributed by atoms with Gasteiger partial charge in [-0.1, -0.05) is 39.8 Å². The summed E-state index contributed by atoms with van der Waals surface area (Å²) in [6, 6.07) is 5.74. The first-order chi connectivity index (χ1) is 10.6. The Bertz CT molecular complexity index is 558. The fraction of sp³-hybridized carbons (Fsp3) is 0.562. The van der Waals surface area contributed by atoms with Crippen molar-refractivity contribution in [2.75, 3.05) is 6.54 Å². The fourth-order valence-electron chi connectivity index (χ4n) is 2.34. The van der Waals surface area contributed by atoms with Gasteiger partial charge in [0, 0.05) is 30.6 Å². The molecule has 0 aliphatic rings. The van der Waals surface area contributed by atoms with Gasteiger partial charge < -0.3 is 15.7 Å². The second-order valence-electron chi connectivity index (χ2n) is 6.64. The van der Waals surface area contributed by atoms with E-state index >= 15 is 0 Å². The standard InChI is InChI=1S/C16H25N3O4/c1-11(2)14(20)16(3,4)10-18-15(21)17-9-12-6-5-7-13(8-12)19(22)23/h5-8,11,14,20H,9-10H2,1-4H3,(H2,17,18,21). The molecule has 0 bridgehead atoms. The number of non-ortho nitro benzene ring substituents is 1. The van der Waals surface area contributed by atoms with Gasteiger partial charge in [0.25, 0.3) is 5.69 Å². The molecule has 0 saturated carbocycles. The quantitative estimate of drug-likeness (QED) is 0.529. The molecule has 1 aromatic rings. The van der Waals surface area contributed by atoms with E-state index in [1.54, 1.807) is 12.1 Å². The Morgan fingerprint density at radius 2 is 2.00 bits per heavy atom. The number of hydrogen-bond acceptors (Lipinski definition) is 4. The van der Waals surface area contributed by atoms with E-state index in [4.69, 9.17) is 0 Å². The molecule has 23 heavy (non-hydrogen) atoms. The molecule has 1 aromatic carbocycles. The van der Waals surface area contributed by atoms with Crippen LogP contribution in [0.4, 0.5) is 10.5 Å². The van der Waals surface area contributed by atoms with Crippen LogP contribution in [0.25, 0.3) is 0 Å². The zero-order valence-electron chi connectivity index (χ0n) is 14.0. The molecule has 2 amide bonds. The van der Waals surface area contributed by atoms with Crippen molar-refractivity contribution in [3.8, 4) is 0 Å². The number of nitro groups is 1. The summed E-state index contributed by atoms with van der Waals surface area (Å²) in [5.74, 6) is 0.0970. The Morgan fingerprint density at radius 1 is 1.35 bits per heavy atom. The van der Waals surface area contributed by atoms with E-state index in [0.29, 0.717) is 12.1 Å². The van der Waals surface area contributed by atoms with Crippen LogP contribution < -0.4 is 10.6 Å². The van der Waals surface area contributed by atoms with Crippen molar-refractivity contribution in [2.45, 2.75) is 40.3 Å². The highest BCUT2D eigenvalue weighted by Crippen LogP contribution is 2.24. The van der Waals surface area contributed by atoms with E-state index in [1.165, 1.54) is 12.1 Å². The zero-order valence-corrected chi connectivity index (χ0v) is 14.0. The number of rotatable bonds is 7. The lowest BCUT2D eigenvalue weighted by atomic mass is 9.81. The van der Waals surface area contributed by atoms with Crippen LogP contribution in [0.5, 0.6) is 0 Å². The molecule has 1 rings (SSSR count). The minimum atomic E-state index is -0.528. The summed E-state index contributed by atoms with van der Waals surface area (Å²) >= 11 is 0. The Hall–Kier alpha value is -2.15. The lowest BCUT2D eigenvalue weighted by Gasteiger charge is -2.33. The van der Waals surface area contributed by atoms with Crippen LogP contribution in [0.2, 0.25) is 0 Å². The van der Waals surface area contributed by atoms with E-state index in [0.717, 1.165) is 0 Å². The molecule has 0 aromatic heterocycles. The molecule has 0 saturated heterocycles. The first kappa shape index (κ1) is 18.9. The third-order valence-electron chi connectivity index (χ3n) is 3.71. The smallest absolute Gasteiger partial charge is 0.315 e. The molecule has 0 spiro atoms. The summed E-state index contributed by atoms with van der Waals surface area (Å²) in [6.45, 7) is 8.15. The number of amides is 2. The average Bonchev–Trinajstić information content (AvgIpc) is 2.50. The summed E-state index contributed by atoms with van der Waals surface area (Å²) in [5, 5.41) is 26.2. The predicted octanol–water partition coefficient (Wildman–Crippen LogP) is 2.44. The van der Waals surface area contributed by atoms with E-state index in [2.05, 4.69) is 10.6 Å². The Kier molecular flexibility index (Phi) is 6.50. The Morgan fingerprint density at radius 3 is 2.57 bits per heavy atom. The minimum absolute atomic E-state index is 0.00843. The molecule has 128 valence electrons. The van der Waals surface area contributed by atoms with Gasteiger partial charge in [-0.25, -0.2) is 4.79 Å². The van der Waals surface area contributed by atoms with Crippen molar-refractivity contribution in [1.29, 1.82) is 0 Å². The normalized spacial score (nSPS) is 12.8. The first-order valence-corrected chi connectivity index (χ1v) is 7.56. The van der Waals surface area contributed by atoms with Crippen molar-refractivity contribution in [1.82, 2.24) is 10.6 Å². The van der Waals surface area contributed by atoms with Gasteiger partial charge in [-0.05, 0) is 11.5 Å². The number of aliphatic hydroxyl groups is 1. The van der Waals surface area contributed by atoms with Gasteiger partial charge in [-0.3, -0.25) is 10.1 Å². The van der Waals surface area contributed by atoms with E-state index in [1.807, 2.05) is 27.7 Å². The number of carbonyl (C=O) groups is 1. The lowest BCUT2D eigenvalue weighted by molar-refractivity contribution is -0.384. The molecule has 0 fully saturated rings. The van der Waals surface area contributed by atoms with E-state index in [-0.39, 0.29) is 24.2 Å². The predicted molar refractivity (Wildman–Crippen MR) is 88.0 cm³/mol. The van der Waals surface area contributed by atoms with E-state index < -0.39 is 16.4 Å². The monoisotopic (exact) mass is 323 g/mol. The second-order valence-corrected chi connectivity index (χ2v) is 6.64. The third kappa shape index (κ3) is 5.86. The van der Waals surface area contributed by atoms with Gasteiger partial charge >= 0.3 is 6.03 Å². The van der Waals surface area contributed by atoms with Gasteiger partial charge in [0.05, 0.1) is 11.0 Å². The lowest BCUT2D eigenvalue weighted by Crippen LogP contribution is -2.46. The first-order valence-electron chi connectivity index (χ1n) is 7.56. The molecule has 7 nitrogen and oxygen atoms in total. The van der Waals surface area contributed by atoms with Crippen LogP contribution in [0.15, 0.2) is 24.3 Å². The number of urea groups is 1. The van der Waals surface area contributed by atoms with Gasteiger partial charge in [0.15, 0.2) is 0 Å². The maximum atomic E-state index is 11.8.